The topological polar surface area (TPSA) is 411 Å². The zero-order valence-corrected chi connectivity index (χ0v) is 94.3. The zero-order chi connectivity index (χ0) is 103. The van der Waals surface area contributed by atoms with E-state index < -0.39 is 142 Å². The van der Waals surface area contributed by atoms with E-state index in [2.05, 4.69) is 242 Å². The number of hydrogen-bond donors (Lipinski definition) is 5. The Labute approximate surface area is 806 Å². The van der Waals surface area contributed by atoms with Crippen LogP contribution in [0.3, 0.4) is 0 Å². The van der Waals surface area contributed by atoms with Crippen LogP contribution in [0.4, 0.5) is 11.5 Å². The summed E-state index contributed by atoms with van der Waals surface area (Å²) in [6.07, 6.45) is 2.21. The lowest BCUT2D eigenvalue weighted by molar-refractivity contribution is -0.385. The van der Waals surface area contributed by atoms with Gasteiger partial charge in [0.2, 0.25) is 5.88 Å². The summed E-state index contributed by atoms with van der Waals surface area (Å²) in [7, 11) is -16.7. The summed E-state index contributed by atoms with van der Waals surface area (Å²) in [5.41, 5.74) is -0.112. The molecule has 0 saturated carbocycles. The normalized spacial score (nSPS) is 22.3. The Morgan fingerprint density at radius 2 is 0.800 bits per heavy atom. The molecule has 40 heteroatoms. The Balaban J connectivity index is 0.000000259. The fourth-order valence-corrected chi connectivity index (χ4v) is 22.7. The van der Waals surface area contributed by atoms with Crippen molar-refractivity contribution in [3.8, 4) is 5.88 Å². The van der Waals surface area contributed by atoms with Crippen LogP contribution in [-0.4, -0.2) is 187 Å². The summed E-state index contributed by atoms with van der Waals surface area (Å²) in [5, 5.41) is 33.2. The predicted molar refractivity (Wildman–Crippen MR) is 544 cm³/mol. The van der Waals surface area contributed by atoms with Gasteiger partial charge in [-0.15, -0.1) is 0 Å². The summed E-state index contributed by atoms with van der Waals surface area (Å²) in [4.78, 5) is 96.6. The molecule has 135 heavy (non-hydrogen) atoms. The second-order valence-corrected chi connectivity index (χ2v) is 76.6. The third-order valence-corrected chi connectivity index (χ3v) is 57.4. The van der Waals surface area contributed by atoms with E-state index in [0.717, 1.165) is 5.56 Å². The molecule has 0 spiro atoms. The van der Waals surface area contributed by atoms with Gasteiger partial charge in [-0.25, -0.2) is 19.2 Å². The van der Waals surface area contributed by atoms with Crippen LogP contribution in [0, 0.1) is 10.1 Å². The number of aliphatic hydroxyl groups excluding tert-OH is 2. The molecule has 5 N–H and O–H groups in total. The molecule has 4 saturated heterocycles. The molecule has 0 radical (unpaired) electrons. The standard InChI is InChI=1S/C36H62N2O7SSi2.C29H48N4O6Si2.C21H40N2O5Si2.C9H12N2O5/c1-23(2)26-19-27(24(3)4)33(28(20-26)25(5)6)46(40,41)44-31-17-18-38(34(39)37-31)32-21-29(45-48(15,16)36(10,11)12)30(43-32)22-42-47(13,14)35(7,8)9;1-20(21-14-12-13-15-22(21)33(35)36)30-25-16-17-32(27(34)31-25)26-18-23(39-41(10,11)29(5,6)7)24(38-26)19-37-40(8,9)28(2,3)4;1-20(2,3)29(7,8)26-14-16-15(28-30(9,10)21(4,5)6)13-18(27-16)23-12-11-17(24)22-19(23)25;12-4-6-5(13)3-8(16-6)11-2-1-7(14)10-9(11)15/h17-20,23-25,29-30,32H,21-22H2,1-16H3;12-17,20,23-24,26H,18-19H2,1-11H3,(H,30,31,34);11-12,15-16,18H,13-14H2,1-10H3,(H,22,24,25);1-2,5-6,8,12-13H,3-4H2,(H,10,14,15)/t29-,30-,32-;20?,23-,24-,26-;15-,16-,18-;5-,6-,8-/m1111/s1. The monoisotopic (exact) mass is 2010 g/mol. The van der Waals surface area contributed by atoms with Gasteiger partial charge in [0, 0.05) is 74.7 Å². The highest BCUT2D eigenvalue weighted by molar-refractivity contribution is 7.87. The lowest BCUT2D eigenvalue weighted by Gasteiger charge is -2.40. The molecule has 0 bridgehead atoms. The van der Waals surface area contributed by atoms with Crippen LogP contribution >= 0.6 is 0 Å². The van der Waals surface area contributed by atoms with Crippen molar-refractivity contribution in [3.05, 3.63) is 180 Å². The van der Waals surface area contributed by atoms with Crippen molar-refractivity contribution in [1.29, 1.82) is 0 Å². The number of aromatic nitrogens is 8. The largest absolute Gasteiger partial charge is 0.414 e. The highest BCUT2D eigenvalue weighted by Gasteiger charge is 2.52. The maximum atomic E-state index is 13.9. The molecule has 2 aromatic carbocycles. The van der Waals surface area contributed by atoms with E-state index in [1.54, 1.807) is 37.4 Å². The molecule has 1 unspecified atom stereocenters. The molecule has 0 amide bonds. The lowest BCUT2D eigenvalue weighted by atomic mass is 9.89. The van der Waals surface area contributed by atoms with Crippen LogP contribution in [0.15, 0.2) is 119 Å². The molecule has 4 aliphatic rings. The minimum absolute atomic E-state index is 0.0129. The average Bonchev–Trinajstić information content (AvgIpc) is 1.24. The number of nitro benzene ring substituents is 1. The third-order valence-electron chi connectivity index (χ3n) is 29.0. The quantitative estimate of drug-likeness (QED) is 0.0121. The van der Waals surface area contributed by atoms with E-state index >= 15 is 0 Å². The van der Waals surface area contributed by atoms with E-state index in [1.807, 2.05) is 39.8 Å². The summed E-state index contributed by atoms with van der Waals surface area (Å²) >= 11 is 0. The Hall–Kier alpha value is -6.67. The minimum Gasteiger partial charge on any atom is -0.414 e. The van der Waals surface area contributed by atoms with Gasteiger partial charge in [0.05, 0.1) is 67.4 Å². The van der Waals surface area contributed by atoms with Crippen molar-refractivity contribution >= 4 is 71.5 Å². The smallest absolute Gasteiger partial charge is 0.353 e. The number of H-pyrrole nitrogens is 2. The highest BCUT2D eigenvalue weighted by Crippen LogP contribution is 2.48. The fourth-order valence-electron chi connectivity index (χ4n) is 14.0. The average molecular weight is 2010 g/mol. The summed E-state index contributed by atoms with van der Waals surface area (Å²) in [6, 6.07) is 15.7. The number of aromatic amines is 2. The number of ether oxygens (including phenoxy) is 4. The number of anilines is 1. The summed E-state index contributed by atoms with van der Waals surface area (Å²) < 4.78 is 103. The molecule has 4 fully saturated rings. The van der Waals surface area contributed by atoms with Crippen LogP contribution in [0.1, 0.15) is 270 Å². The van der Waals surface area contributed by atoms with Gasteiger partial charge in [0.25, 0.3) is 16.8 Å². The number of hydrogen-bond acceptors (Lipinski definition) is 26. The first-order valence-corrected chi connectivity index (χ1v) is 66.1. The van der Waals surface area contributed by atoms with E-state index in [4.69, 9.17) is 54.8 Å². The number of nitrogens with zero attached hydrogens (tertiary/aromatic N) is 7. The summed E-state index contributed by atoms with van der Waals surface area (Å²) in [5.74, 6) is 0.158. The second kappa shape index (κ2) is 44.2. The molecule has 0 aliphatic carbocycles. The van der Waals surface area contributed by atoms with Crippen LogP contribution in [0.2, 0.25) is 109 Å². The van der Waals surface area contributed by atoms with Crippen molar-refractivity contribution in [2.45, 2.75) is 410 Å². The first-order chi connectivity index (χ1) is 61.5. The molecular weight excluding hydrogens is 1850 g/mol. The second-order valence-electron chi connectivity index (χ2n) is 46.4. The highest BCUT2D eigenvalue weighted by atomic mass is 32.2. The van der Waals surface area contributed by atoms with E-state index in [9.17, 15) is 52.4 Å². The number of para-hydroxylation sites is 1. The summed E-state index contributed by atoms with van der Waals surface area (Å²) in [6.45, 7) is 81.0. The number of aliphatic hydroxyl groups is 2. The predicted octanol–water partition coefficient (Wildman–Crippen LogP) is 18.5. The van der Waals surface area contributed by atoms with Crippen LogP contribution < -0.4 is 43.4 Å². The number of nitro groups is 1. The molecule has 4 aromatic heterocycles. The Kier molecular flexibility index (Phi) is 37.8. The van der Waals surface area contributed by atoms with Crippen LogP contribution in [0.5, 0.6) is 5.88 Å². The van der Waals surface area contributed by atoms with Gasteiger partial charge in [-0.2, -0.15) is 18.4 Å². The van der Waals surface area contributed by atoms with Crippen molar-refractivity contribution in [3.63, 3.8) is 0 Å². The van der Waals surface area contributed by atoms with Gasteiger partial charge in [0.1, 0.15) is 60.0 Å². The van der Waals surface area contributed by atoms with Gasteiger partial charge in [-0.05, 0) is 156 Å². The molecule has 4 aliphatic heterocycles. The van der Waals surface area contributed by atoms with Gasteiger partial charge in [-0.3, -0.25) is 47.9 Å². The van der Waals surface area contributed by atoms with Crippen molar-refractivity contribution in [2.24, 2.45) is 0 Å². The van der Waals surface area contributed by atoms with E-state index in [0.29, 0.717) is 61.6 Å². The Morgan fingerprint density at radius 1 is 0.467 bits per heavy atom. The van der Waals surface area contributed by atoms with Gasteiger partial charge >= 0.3 is 32.9 Å². The molecule has 33 nitrogen and oxygen atoms in total. The van der Waals surface area contributed by atoms with Gasteiger partial charge < -0.3 is 65.2 Å². The number of rotatable bonds is 30. The minimum atomic E-state index is -4.31. The van der Waals surface area contributed by atoms with Crippen molar-refractivity contribution < 1.29 is 73.2 Å². The van der Waals surface area contributed by atoms with E-state index in [-0.39, 0.29) is 114 Å². The molecule has 10 rings (SSSR count). The van der Waals surface area contributed by atoms with Crippen LogP contribution in [0.25, 0.3) is 0 Å². The Morgan fingerprint density at radius 3 is 1.12 bits per heavy atom. The van der Waals surface area contributed by atoms with Crippen LogP contribution in [-0.2, 0) is 55.6 Å². The van der Waals surface area contributed by atoms with Gasteiger partial charge in [0.15, 0.2) is 49.9 Å². The molecule has 8 heterocycles. The van der Waals surface area contributed by atoms with Crippen molar-refractivity contribution in [2.75, 3.05) is 31.7 Å². The maximum Gasteiger partial charge on any atom is 0.353 e. The fraction of sp³-hybridized carbons (Fsp3) is 0.705. The molecule has 6 aromatic rings. The molecular formula is C95H162N10O23SSi6. The first-order valence-electron chi connectivity index (χ1n) is 47.3. The maximum absolute atomic E-state index is 13.9. The molecule has 760 valence electrons. The number of nitrogens with one attached hydrogen (secondary N) is 3. The zero-order valence-electron chi connectivity index (χ0n) is 87.5. The van der Waals surface area contributed by atoms with Gasteiger partial charge in [-0.1, -0.05) is 197 Å². The Bertz CT molecular complexity index is 5470. The first kappa shape index (κ1) is 115. The number of benzene rings is 2. The molecule has 13 atom stereocenters. The van der Waals surface area contributed by atoms with E-state index in [1.165, 1.54) is 61.1 Å². The van der Waals surface area contributed by atoms with Crippen molar-refractivity contribution in [1.82, 2.24) is 38.2 Å². The SMILES string of the molecule is CC(C)(C)[Si](C)(C)OC[C@H]1O[C@@H](n2ccc(=O)[nH]c2=O)C[C@H]1O[Si](C)(C)C(C)(C)C.CC(C)c1cc(C(C)C)c(S(=O)(=O)Oc2ccn([C@H]3C[C@@H](O[Si](C)(C)C(C)(C)C)[C@@H](CO[Si](C)(C)C(C)(C)C)O3)c(=O)n2)c(C(C)C)c1.CC(Nc1ccn([C@H]2C[C@@H](O[Si](C)(C)C(C)(C)C)[C@@H](CO[Si](C)(C)C(C)(C)C)O2)c(=O)n1)c1ccccc1[N+](=O)[O-].O=c1ccn([C@H]2C[C@@H](O)[C@@H](CO)O2)c(=O)[nH]1. The third kappa shape index (κ3) is 29.5. The lowest BCUT2D eigenvalue weighted by Crippen LogP contribution is -2.48.